The molecule has 0 aliphatic carbocycles. The third-order valence-corrected chi connectivity index (χ3v) is 4.48. The lowest BCUT2D eigenvalue weighted by Gasteiger charge is -2.13. The summed E-state index contributed by atoms with van der Waals surface area (Å²) in [6, 6.07) is 13.0. The van der Waals surface area contributed by atoms with Crippen LogP contribution in [0.25, 0.3) is 0 Å². The molecule has 1 atom stereocenters. The first-order valence-corrected chi connectivity index (χ1v) is 8.99. The number of carbonyl (C=O) groups excluding carboxylic acids is 2. The second-order valence-corrected chi connectivity index (χ2v) is 7.00. The second-order valence-electron chi connectivity index (χ2n) is 5.58. The van der Waals surface area contributed by atoms with Crippen LogP contribution in [0.3, 0.4) is 0 Å². The predicted molar refractivity (Wildman–Crippen MR) is 100 cm³/mol. The largest absolute Gasteiger partial charge is 0.326 e. The number of amides is 2. The minimum Gasteiger partial charge on any atom is -0.326 e. The van der Waals surface area contributed by atoms with E-state index >= 15 is 0 Å². The maximum atomic E-state index is 12.9. The molecule has 0 heterocycles. The van der Waals surface area contributed by atoms with E-state index < -0.39 is 0 Å². The van der Waals surface area contributed by atoms with Crippen LogP contribution in [0.5, 0.6) is 0 Å². The van der Waals surface area contributed by atoms with Crippen molar-refractivity contribution in [1.29, 1.82) is 0 Å². The second kappa shape index (κ2) is 9.22. The minimum atomic E-state index is -0.345. The number of halogens is 1. The molecule has 2 rings (SSSR count). The number of anilines is 2. The minimum absolute atomic E-state index is 0.0215. The van der Waals surface area contributed by atoms with Crippen molar-refractivity contribution in [1.82, 2.24) is 0 Å². The van der Waals surface area contributed by atoms with Gasteiger partial charge in [0.15, 0.2) is 0 Å². The number of thioether (sulfide) groups is 1. The fraction of sp³-hybridized carbons (Fsp3) is 0.263. The summed E-state index contributed by atoms with van der Waals surface area (Å²) in [6.07, 6.45) is 1.27. The third-order valence-electron chi connectivity index (χ3n) is 3.39. The molecular formula is C19H21FN2O2S. The van der Waals surface area contributed by atoms with Gasteiger partial charge in [-0.25, -0.2) is 4.39 Å². The molecule has 0 radical (unpaired) electrons. The van der Waals surface area contributed by atoms with Crippen LogP contribution in [-0.4, -0.2) is 17.1 Å². The molecule has 6 heteroatoms. The van der Waals surface area contributed by atoms with E-state index in [0.717, 1.165) is 17.0 Å². The Labute approximate surface area is 151 Å². The van der Waals surface area contributed by atoms with Gasteiger partial charge in [-0.2, -0.15) is 0 Å². The van der Waals surface area contributed by atoms with E-state index in [0.29, 0.717) is 12.1 Å². The van der Waals surface area contributed by atoms with Crippen LogP contribution in [0.2, 0.25) is 0 Å². The van der Waals surface area contributed by atoms with Crippen molar-refractivity contribution in [3.63, 3.8) is 0 Å². The first-order valence-electron chi connectivity index (χ1n) is 8.11. The van der Waals surface area contributed by atoms with Gasteiger partial charge in [-0.15, -0.1) is 11.8 Å². The molecule has 2 aromatic carbocycles. The normalized spacial score (nSPS) is 11.6. The van der Waals surface area contributed by atoms with E-state index in [4.69, 9.17) is 0 Å². The Balaban J connectivity index is 1.95. The van der Waals surface area contributed by atoms with Gasteiger partial charge in [-0.3, -0.25) is 9.59 Å². The average Bonchev–Trinajstić information content (AvgIpc) is 2.57. The fourth-order valence-electron chi connectivity index (χ4n) is 2.13. The van der Waals surface area contributed by atoms with Crippen LogP contribution in [-0.2, 0) is 9.59 Å². The fourth-order valence-corrected chi connectivity index (χ4v) is 3.06. The van der Waals surface area contributed by atoms with Gasteiger partial charge < -0.3 is 10.6 Å². The molecule has 1 unspecified atom stereocenters. The lowest BCUT2D eigenvalue weighted by molar-refractivity contribution is -0.116. The van der Waals surface area contributed by atoms with Gasteiger partial charge in [0, 0.05) is 22.7 Å². The molecule has 0 bridgehead atoms. The summed E-state index contributed by atoms with van der Waals surface area (Å²) in [5.41, 5.74) is 1.27. The highest BCUT2D eigenvalue weighted by molar-refractivity contribution is 8.00. The summed E-state index contributed by atoms with van der Waals surface area (Å²) in [5.74, 6) is -0.536. The monoisotopic (exact) mass is 360 g/mol. The highest BCUT2D eigenvalue weighted by Crippen LogP contribution is 2.26. The molecule has 0 aliphatic rings. The van der Waals surface area contributed by atoms with Crippen LogP contribution in [0.15, 0.2) is 53.4 Å². The summed E-state index contributed by atoms with van der Waals surface area (Å²) in [7, 11) is 0. The number of hydrogen-bond donors (Lipinski definition) is 2. The third kappa shape index (κ3) is 6.23. The lowest BCUT2D eigenvalue weighted by Crippen LogP contribution is -2.22. The first kappa shape index (κ1) is 19.0. The maximum Gasteiger partial charge on any atom is 0.237 e. The SMILES string of the molecule is CCCC(=O)Nc1cccc(SC(C)C(=O)Nc2ccc(F)cc2)c1. The van der Waals surface area contributed by atoms with Crippen molar-refractivity contribution in [2.45, 2.75) is 36.8 Å². The summed E-state index contributed by atoms with van der Waals surface area (Å²) in [6.45, 7) is 3.75. The molecule has 0 saturated heterocycles. The van der Waals surface area contributed by atoms with Gasteiger partial charge in [-0.1, -0.05) is 13.0 Å². The number of benzene rings is 2. The zero-order valence-electron chi connectivity index (χ0n) is 14.2. The first-order chi connectivity index (χ1) is 12.0. The van der Waals surface area contributed by atoms with Crippen LogP contribution in [0.1, 0.15) is 26.7 Å². The van der Waals surface area contributed by atoms with Crippen LogP contribution in [0.4, 0.5) is 15.8 Å². The van der Waals surface area contributed by atoms with Crippen molar-refractivity contribution in [3.8, 4) is 0 Å². The Morgan fingerprint density at radius 1 is 1.08 bits per heavy atom. The number of hydrogen-bond acceptors (Lipinski definition) is 3. The van der Waals surface area contributed by atoms with Crippen molar-refractivity contribution in [3.05, 3.63) is 54.3 Å². The van der Waals surface area contributed by atoms with Crippen molar-refractivity contribution in [2.75, 3.05) is 10.6 Å². The molecule has 0 aromatic heterocycles. The molecule has 0 spiro atoms. The molecule has 0 fully saturated rings. The van der Waals surface area contributed by atoms with Gasteiger partial charge in [-0.05, 0) is 55.8 Å². The molecular weight excluding hydrogens is 339 g/mol. The summed E-state index contributed by atoms with van der Waals surface area (Å²) in [5, 5.41) is 5.26. The Morgan fingerprint density at radius 3 is 2.48 bits per heavy atom. The molecule has 2 N–H and O–H groups in total. The number of carbonyl (C=O) groups is 2. The van der Waals surface area contributed by atoms with E-state index in [1.807, 2.05) is 31.2 Å². The number of nitrogens with one attached hydrogen (secondary N) is 2. The molecule has 2 aromatic rings. The Kier molecular flexibility index (Phi) is 7.01. The molecule has 2 amide bonds. The Hall–Kier alpha value is -2.34. The van der Waals surface area contributed by atoms with Gasteiger partial charge in [0.2, 0.25) is 11.8 Å². The van der Waals surface area contributed by atoms with Gasteiger partial charge in [0.25, 0.3) is 0 Å². The van der Waals surface area contributed by atoms with Crippen molar-refractivity contribution in [2.24, 2.45) is 0 Å². The van der Waals surface area contributed by atoms with E-state index in [2.05, 4.69) is 10.6 Å². The summed E-state index contributed by atoms with van der Waals surface area (Å²) >= 11 is 1.39. The molecule has 4 nitrogen and oxygen atoms in total. The number of rotatable bonds is 7. The summed E-state index contributed by atoms with van der Waals surface area (Å²) < 4.78 is 12.9. The smallest absolute Gasteiger partial charge is 0.237 e. The molecule has 132 valence electrons. The zero-order valence-corrected chi connectivity index (χ0v) is 15.0. The van der Waals surface area contributed by atoms with Gasteiger partial charge >= 0.3 is 0 Å². The maximum absolute atomic E-state index is 12.9. The highest BCUT2D eigenvalue weighted by Gasteiger charge is 2.15. The molecule has 0 aliphatic heterocycles. The van der Waals surface area contributed by atoms with Crippen molar-refractivity contribution < 1.29 is 14.0 Å². The van der Waals surface area contributed by atoms with Crippen molar-refractivity contribution >= 4 is 35.0 Å². The lowest BCUT2D eigenvalue weighted by atomic mass is 10.3. The average molecular weight is 360 g/mol. The van der Waals surface area contributed by atoms with Crippen LogP contribution >= 0.6 is 11.8 Å². The van der Waals surface area contributed by atoms with Gasteiger partial charge in [0.1, 0.15) is 5.82 Å². The van der Waals surface area contributed by atoms with Crippen LogP contribution < -0.4 is 10.6 Å². The van der Waals surface area contributed by atoms with E-state index in [1.54, 1.807) is 6.92 Å². The summed E-state index contributed by atoms with van der Waals surface area (Å²) in [4.78, 5) is 24.8. The quantitative estimate of drug-likeness (QED) is 0.705. The van der Waals surface area contributed by atoms with Gasteiger partial charge in [0.05, 0.1) is 5.25 Å². The van der Waals surface area contributed by atoms with E-state index in [1.165, 1.54) is 36.0 Å². The standard InChI is InChI=1S/C19H21FN2O2S/c1-3-5-18(23)21-16-6-4-7-17(12-16)25-13(2)19(24)22-15-10-8-14(20)9-11-15/h4,6-13H,3,5H2,1-2H3,(H,21,23)(H,22,24). The van der Waals surface area contributed by atoms with Crippen LogP contribution in [0, 0.1) is 5.82 Å². The Morgan fingerprint density at radius 2 is 1.80 bits per heavy atom. The van der Waals surface area contributed by atoms with E-state index in [-0.39, 0.29) is 22.9 Å². The molecule has 25 heavy (non-hydrogen) atoms. The molecule has 0 saturated carbocycles. The zero-order chi connectivity index (χ0) is 18.2. The predicted octanol–water partition coefficient (Wildman–Crippen LogP) is 4.68. The topological polar surface area (TPSA) is 58.2 Å². The highest BCUT2D eigenvalue weighted by atomic mass is 32.2. The van der Waals surface area contributed by atoms with E-state index in [9.17, 15) is 14.0 Å². The Bertz CT molecular complexity index is 734.